The number of carbonyl (C=O) groups excluding carboxylic acids is 3. The van der Waals surface area contributed by atoms with Gasteiger partial charge in [-0.15, -0.1) is 0 Å². The summed E-state index contributed by atoms with van der Waals surface area (Å²) in [5.74, 6) is -2.01. The van der Waals surface area contributed by atoms with Crippen molar-refractivity contribution in [1.82, 2.24) is 5.06 Å². The molecular weight excluding hydrogens is 310 g/mol. The van der Waals surface area contributed by atoms with E-state index >= 15 is 0 Å². The van der Waals surface area contributed by atoms with Crippen molar-refractivity contribution in [1.29, 1.82) is 0 Å². The predicted octanol–water partition coefficient (Wildman–Crippen LogP) is 2.46. The van der Waals surface area contributed by atoms with Crippen LogP contribution in [0.5, 0.6) is 5.75 Å². The van der Waals surface area contributed by atoms with E-state index in [0.29, 0.717) is 10.8 Å². The first-order chi connectivity index (χ1) is 11.6. The van der Waals surface area contributed by atoms with Crippen LogP contribution >= 0.6 is 0 Å². The molecule has 2 aromatic carbocycles. The van der Waals surface area contributed by atoms with Crippen LogP contribution in [0, 0.1) is 5.92 Å². The van der Waals surface area contributed by atoms with Gasteiger partial charge in [-0.25, -0.2) is 4.79 Å². The summed E-state index contributed by atoms with van der Waals surface area (Å²) in [6.07, 6.45) is 0. The number of nitrogens with zero attached hydrogens (tertiary/aromatic N) is 1. The number of hydrogen-bond acceptors (Lipinski definition) is 5. The van der Waals surface area contributed by atoms with E-state index in [4.69, 9.17) is 9.57 Å². The molecule has 0 saturated heterocycles. The first-order valence-corrected chi connectivity index (χ1v) is 7.45. The lowest BCUT2D eigenvalue weighted by Gasteiger charge is -2.16. The molecule has 2 aromatic rings. The largest absolute Gasteiger partial charge is 0.493 e. The van der Waals surface area contributed by atoms with Gasteiger partial charge < -0.3 is 9.57 Å². The highest BCUT2D eigenvalue weighted by Crippen LogP contribution is 2.23. The second-order valence-electron chi connectivity index (χ2n) is 5.39. The van der Waals surface area contributed by atoms with E-state index in [-0.39, 0.29) is 17.7 Å². The molecule has 0 fully saturated rings. The van der Waals surface area contributed by atoms with Crippen molar-refractivity contribution in [2.24, 2.45) is 5.92 Å². The summed E-state index contributed by atoms with van der Waals surface area (Å²) in [5, 5.41) is 0.506. The van der Waals surface area contributed by atoms with Crippen molar-refractivity contribution in [2.75, 3.05) is 6.61 Å². The summed E-state index contributed by atoms with van der Waals surface area (Å²) >= 11 is 0. The molecule has 0 spiro atoms. The fourth-order valence-corrected chi connectivity index (χ4v) is 2.24. The minimum Gasteiger partial charge on any atom is -0.493 e. The maximum absolute atomic E-state index is 12.1. The van der Waals surface area contributed by atoms with Gasteiger partial charge in [-0.2, -0.15) is 0 Å². The number of para-hydroxylation sites is 1. The summed E-state index contributed by atoms with van der Waals surface area (Å²) in [4.78, 5) is 41.4. The Balaban J connectivity index is 1.61. The van der Waals surface area contributed by atoms with Crippen LogP contribution in [-0.2, 0) is 9.63 Å². The number of carbonyl (C=O) groups is 3. The quantitative estimate of drug-likeness (QED) is 0.790. The summed E-state index contributed by atoms with van der Waals surface area (Å²) < 4.78 is 5.48. The molecule has 6 heteroatoms. The number of hydroxylamine groups is 2. The third-order valence-electron chi connectivity index (χ3n) is 3.58. The highest BCUT2D eigenvalue weighted by molar-refractivity contribution is 6.20. The topological polar surface area (TPSA) is 72.9 Å². The van der Waals surface area contributed by atoms with Gasteiger partial charge in [0.1, 0.15) is 12.4 Å². The van der Waals surface area contributed by atoms with E-state index in [1.54, 1.807) is 31.2 Å². The number of amides is 2. The normalized spacial score (nSPS) is 14.3. The van der Waals surface area contributed by atoms with Gasteiger partial charge in [0.2, 0.25) is 0 Å². The summed E-state index contributed by atoms with van der Waals surface area (Å²) in [6.45, 7) is 1.68. The SMILES string of the molecule is CC(COc1ccccc1)C(=O)ON1C(=O)c2ccccc2C1=O. The zero-order valence-corrected chi connectivity index (χ0v) is 13.0. The highest BCUT2D eigenvalue weighted by Gasteiger charge is 2.39. The molecule has 24 heavy (non-hydrogen) atoms. The van der Waals surface area contributed by atoms with Crippen LogP contribution in [0.15, 0.2) is 54.6 Å². The van der Waals surface area contributed by atoms with Gasteiger partial charge in [0, 0.05) is 0 Å². The average molecular weight is 325 g/mol. The third-order valence-corrected chi connectivity index (χ3v) is 3.58. The summed E-state index contributed by atoms with van der Waals surface area (Å²) in [6, 6.07) is 15.3. The Kier molecular flexibility index (Phi) is 4.29. The standard InChI is InChI=1S/C18H15NO5/c1-12(11-23-13-7-3-2-4-8-13)18(22)24-19-16(20)14-9-5-6-10-15(14)17(19)21/h2-10,12H,11H2,1H3. The first-order valence-electron chi connectivity index (χ1n) is 7.45. The Bertz CT molecular complexity index is 752. The van der Waals surface area contributed by atoms with Crippen LogP contribution in [0.25, 0.3) is 0 Å². The number of fused-ring (bicyclic) bond motifs is 1. The van der Waals surface area contributed by atoms with E-state index in [1.165, 1.54) is 12.1 Å². The van der Waals surface area contributed by atoms with Crippen LogP contribution in [0.3, 0.4) is 0 Å². The Morgan fingerprint density at radius 2 is 1.50 bits per heavy atom. The van der Waals surface area contributed by atoms with Crippen LogP contribution in [0.1, 0.15) is 27.6 Å². The number of rotatable bonds is 5. The Morgan fingerprint density at radius 1 is 0.958 bits per heavy atom. The number of benzene rings is 2. The fourth-order valence-electron chi connectivity index (χ4n) is 2.24. The van der Waals surface area contributed by atoms with Crippen LogP contribution < -0.4 is 4.74 Å². The molecule has 1 atom stereocenters. The molecule has 0 saturated carbocycles. The molecule has 2 amide bonds. The molecule has 1 aliphatic heterocycles. The van der Waals surface area contributed by atoms with Crippen molar-refractivity contribution >= 4 is 17.8 Å². The second kappa shape index (κ2) is 6.54. The molecule has 0 bridgehead atoms. The van der Waals surface area contributed by atoms with E-state index in [9.17, 15) is 14.4 Å². The zero-order valence-electron chi connectivity index (χ0n) is 13.0. The van der Waals surface area contributed by atoms with Crippen LogP contribution in [0.4, 0.5) is 0 Å². The van der Waals surface area contributed by atoms with Crippen molar-refractivity contribution in [3.8, 4) is 5.75 Å². The van der Waals surface area contributed by atoms with Gasteiger partial charge in [0.05, 0.1) is 17.0 Å². The molecule has 3 rings (SSSR count). The molecular formula is C18H15NO5. The predicted molar refractivity (Wildman–Crippen MR) is 84.1 cm³/mol. The van der Waals surface area contributed by atoms with E-state index in [0.717, 1.165) is 0 Å². The van der Waals surface area contributed by atoms with E-state index in [1.807, 2.05) is 18.2 Å². The lowest BCUT2D eigenvalue weighted by molar-refractivity contribution is -0.174. The van der Waals surface area contributed by atoms with Gasteiger partial charge in [0.25, 0.3) is 11.8 Å². The lowest BCUT2D eigenvalue weighted by Crippen LogP contribution is -2.35. The first kappa shape index (κ1) is 15.7. The molecule has 1 unspecified atom stereocenters. The smallest absolute Gasteiger partial charge is 0.339 e. The van der Waals surface area contributed by atoms with Gasteiger partial charge >= 0.3 is 5.97 Å². The maximum Gasteiger partial charge on any atom is 0.339 e. The maximum atomic E-state index is 12.1. The minimum absolute atomic E-state index is 0.0754. The number of hydrogen-bond donors (Lipinski definition) is 0. The molecule has 0 radical (unpaired) electrons. The Hall–Kier alpha value is -3.15. The van der Waals surface area contributed by atoms with E-state index in [2.05, 4.69) is 0 Å². The molecule has 0 aromatic heterocycles. The fraction of sp³-hybridized carbons (Fsp3) is 0.167. The number of imide groups is 1. The van der Waals surface area contributed by atoms with Crippen molar-refractivity contribution < 1.29 is 24.0 Å². The zero-order chi connectivity index (χ0) is 17.1. The van der Waals surface area contributed by atoms with E-state index < -0.39 is 23.7 Å². The second-order valence-corrected chi connectivity index (χ2v) is 5.39. The number of ether oxygens (including phenoxy) is 1. The third kappa shape index (κ3) is 2.99. The van der Waals surface area contributed by atoms with Crippen molar-refractivity contribution in [3.63, 3.8) is 0 Å². The summed E-state index contributed by atoms with van der Waals surface area (Å²) in [7, 11) is 0. The van der Waals surface area contributed by atoms with Gasteiger partial charge in [-0.3, -0.25) is 9.59 Å². The molecule has 1 aliphatic rings. The minimum atomic E-state index is -0.708. The Morgan fingerprint density at radius 3 is 2.08 bits per heavy atom. The summed E-state index contributed by atoms with van der Waals surface area (Å²) in [5.41, 5.74) is 0.451. The molecule has 0 N–H and O–H groups in total. The Labute approximate surface area is 138 Å². The lowest BCUT2D eigenvalue weighted by atomic mass is 10.1. The van der Waals surface area contributed by atoms with Gasteiger partial charge in [-0.05, 0) is 31.2 Å². The van der Waals surface area contributed by atoms with Crippen LogP contribution in [0.2, 0.25) is 0 Å². The average Bonchev–Trinajstić information content (AvgIpc) is 2.86. The van der Waals surface area contributed by atoms with Crippen molar-refractivity contribution in [3.05, 3.63) is 65.7 Å². The molecule has 122 valence electrons. The highest BCUT2D eigenvalue weighted by atomic mass is 16.7. The molecule has 0 aliphatic carbocycles. The van der Waals surface area contributed by atoms with Crippen LogP contribution in [-0.4, -0.2) is 29.5 Å². The molecule has 1 heterocycles. The van der Waals surface area contributed by atoms with Crippen molar-refractivity contribution in [2.45, 2.75) is 6.92 Å². The molecule has 6 nitrogen and oxygen atoms in total. The van der Waals surface area contributed by atoms with Gasteiger partial charge in [-0.1, -0.05) is 35.4 Å². The monoisotopic (exact) mass is 325 g/mol. The van der Waals surface area contributed by atoms with Gasteiger partial charge in [0.15, 0.2) is 0 Å².